The normalized spacial score (nSPS) is 19.8. The average Bonchev–Trinajstić information content (AvgIpc) is 2.91. The number of benzene rings is 2. The number of halogens is 1. The van der Waals surface area contributed by atoms with E-state index in [9.17, 15) is 22.7 Å². The number of aromatic nitrogens is 1. The third kappa shape index (κ3) is 5.95. The van der Waals surface area contributed by atoms with Crippen molar-refractivity contribution >= 4 is 21.7 Å². The van der Waals surface area contributed by atoms with Crippen molar-refractivity contribution in [3.8, 4) is 16.9 Å². The Morgan fingerprint density at radius 2 is 1.87 bits per heavy atom. The van der Waals surface area contributed by atoms with Gasteiger partial charge in [-0.15, -0.1) is 0 Å². The third-order valence-electron chi connectivity index (χ3n) is 6.58. The number of sulfonamides is 1. The summed E-state index contributed by atoms with van der Waals surface area (Å²) in [4.78, 5) is 18.3. The Bertz CT molecular complexity index is 1370. The fraction of sp³-hybridized carbons (Fsp3) is 0.333. The lowest BCUT2D eigenvalue weighted by Crippen LogP contribution is -2.50. The number of pyridine rings is 1. The second kappa shape index (κ2) is 11.5. The molecule has 3 aromatic rings. The van der Waals surface area contributed by atoms with E-state index in [4.69, 9.17) is 4.74 Å². The molecular weight excluding hydrogens is 511 g/mol. The van der Waals surface area contributed by atoms with E-state index in [1.165, 1.54) is 39.5 Å². The van der Waals surface area contributed by atoms with Crippen LogP contribution in [0.15, 0.2) is 71.9 Å². The molecule has 2 N–H and O–H groups in total. The van der Waals surface area contributed by atoms with Crippen molar-refractivity contribution in [2.24, 2.45) is 5.92 Å². The molecule has 1 aliphatic rings. The molecule has 2 amide bonds. The zero-order chi connectivity index (χ0) is 27.4. The summed E-state index contributed by atoms with van der Waals surface area (Å²) < 4.78 is 48.2. The van der Waals surface area contributed by atoms with Crippen molar-refractivity contribution in [3.63, 3.8) is 0 Å². The molecule has 4 rings (SSSR count). The highest BCUT2D eigenvalue weighted by Gasteiger charge is 2.38. The summed E-state index contributed by atoms with van der Waals surface area (Å²) >= 11 is 0. The molecule has 2 heterocycles. The Morgan fingerprint density at radius 3 is 2.53 bits per heavy atom. The van der Waals surface area contributed by atoms with Crippen LogP contribution in [0.3, 0.4) is 0 Å². The number of rotatable bonds is 6. The van der Waals surface area contributed by atoms with Crippen LogP contribution in [0.4, 0.5) is 14.9 Å². The van der Waals surface area contributed by atoms with Gasteiger partial charge in [0.2, 0.25) is 10.0 Å². The number of hydrogen-bond donors (Lipinski definition) is 2. The number of nitrogens with zero attached hydrogens (tertiary/aromatic N) is 3. The number of aliphatic hydroxyl groups is 1. The van der Waals surface area contributed by atoms with Gasteiger partial charge >= 0.3 is 6.03 Å². The Morgan fingerprint density at radius 1 is 1.18 bits per heavy atom. The van der Waals surface area contributed by atoms with Gasteiger partial charge in [-0.25, -0.2) is 17.6 Å². The molecule has 0 bridgehead atoms. The molecule has 0 aliphatic carbocycles. The molecule has 3 atom stereocenters. The number of hydrogen-bond acceptors (Lipinski definition) is 6. The van der Waals surface area contributed by atoms with E-state index >= 15 is 0 Å². The summed E-state index contributed by atoms with van der Waals surface area (Å²) in [7, 11) is -2.38. The van der Waals surface area contributed by atoms with E-state index < -0.39 is 34.0 Å². The number of carbonyl (C=O) groups excluding carboxylic acids is 1. The van der Waals surface area contributed by atoms with Crippen molar-refractivity contribution in [1.82, 2.24) is 14.2 Å². The van der Waals surface area contributed by atoms with Gasteiger partial charge in [0, 0.05) is 43.6 Å². The van der Waals surface area contributed by atoms with E-state index in [1.54, 1.807) is 38.5 Å². The number of anilines is 1. The van der Waals surface area contributed by atoms with Gasteiger partial charge in [0.05, 0.1) is 13.2 Å². The number of carbonyl (C=O) groups is 1. The predicted octanol–water partition coefficient (Wildman–Crippen LogP) is 3.82. The maximum atomic E-state index is 13.7. The summed E-state index contributed by atoms with van der Waals surface area (Å²) in [6.07, 6.45) is 2.72. The van der Waals surface area contributed by atoms with Crippen LogP contribution >= 0.6 is 0 Å². The molecule has 9 nitrogen and oxygen atoms in total. The minimum Gasteiger partial charge on any atom is -0.487 e. The Hall–Kier alpha value is -3.54. The van der Waals surface area contributed by atoms with E-state index in [2.05, 4.69) is 10.3 Å². The molecule has 0 radical (unpaired) electrons. The third-order valence-corrected chi connectivity index (χ3v) is 8.60. The molecule has 11 heteroatoms. The summed E-state index contributed by atoms with van der Waals surface area (Å²) in [6.45, 7) is 3.39. The Kier molecular flexibility index (Phi) is 8.29. The topological polar surface area (TPSA) is 112 Å². The largest absolute Gasteiger partial charge is 0.487 e. The zero-order valence-corrected chi connectivity index (χ0v) is 22.2. The molecule has 0 spiro atoms. The van der Waals surface area contributed by atoms with Crippen molar-refractivity contribution in [1.29, 1.82) is 0 Å². The van der Waals surface area contributed by atoms with Crippen LogP contribution in [0.5, 0.6) is 5.75 Å². The molecule has 0 saturated carbocycles. The Labute approximate surface area is 221 Å². The van der Waals surface area contributed by atoms with Crippen LogP contribution in [-0.4, -0.2) is 72.6 Å². The van der Waals surface area contributed by atoms with Gasteiger partial charge in [0.15, 0.2) is 0 Å². The summed E-state index contributed by atoms with van der Waals surface area (Å²) in [5.41, 5.74) is 2.03. The van der Waals surface area contributed by atoms with Crippen molar-refractivity contribution in [2.45, 2.75) is 30.9 Å². The Balaban J connectivity index is 1.67. The second-order valence-electron chi connectivity index (χ2n) is 9.45. The molecule has 2 aromatic carbocycles. The van der Waals surface area contributed by atoms with Gasteiger partial charge < -0.3 is 20.1 Å². The van der Waals surface area contributed by atoms with Crippen molar-refractivity contribution in [3.05, 3.63) is 72.8 Å². The first-order valence-corrected chi connectivity index (χ1v) is 13.7. The lowest BCUT2D eigenvalue weighted by molar-refractivity contribution is 0.0830. The van der Waals surface area contributed by atoms with Gasteiger partial charge in [-0.1, -0.05) is 13.0 Å². The molecule has 38 heavy (non-hydrogen) atoms. The maximum Gasteiger partial charge on any atom is 0.321 e. The number of amides is 2. The maximum absolute atomic E-state index is 13.7. The quantitative estimate of drug-likeness (QED) is 0.490. The van der Waals surface area contributed by atoms with Crippen LogP contribution in [0.2, 0.25) is 0 Å². The van der Waals surface area contributed by atoms with Gasteiger partial charge in [-0.05, 0) is 66.6 Å². The van der Waals surface area contributed by atoms with Crippen LogP contribution in [0.1, 0.15) is 13.8 Å². The lowest BCUT2D eigenvalue weighted by Gasteiger charge is -2.37. The van der Waals surface area contributed by atoms with Gasteiger partial charge in [-0.2, -0.15) is 4.31 Å². The highest BCUT2D eigenvalue weighted by molar-refractivity contribution is 7.89. The monoisotopic (exact) mass is 542 g/mol. The number of aliphatic hydroxyl groups excluding tert-OH is 1. The number of urea groups is 1. The first kappa shape index (κ1) is 27.5. The number of ether oxygens (including phenoxy) is 1. The average molecular weight is 543 g/mol. The lowest BCUT2D eigenvalue weighted by atomic mass is 10.0. The minimum absolute atomic E-state index is 0.00840. The highest BCUT2D eigenvalue weighted by atomic mass is 32.2. The smallest absolute Gasteiger partial charge is 0.321 e. The van der Waals surface area contributed by atoms with Gasteiger partial charge in [-0.3, -0.25) is 4.98 Å². The standard InChI is InChI=1S/C27H31FN4O5S/c1-18-15-32(19(2)17-33)38(35,36)26-9-4-21(20-10-12-29-13-11-20)14-24(26)37-25(18)16-31(3)27(34)30-23-7-5-22(28)6-8-23/h4-14,18-19,25,33H,15-17H2,1-3H3,(H,30,34)/t18-,19+,25-/m0/s1. The predicted molar refractivity (Wildman–Crippen MR) is 142 cm³/mol. The number of likely N-dealkylation sites (N-methyl/N-ethyl adjacent to an activating group) is 1. The highest BCUT2D eigenvalue weighted by Crippen LogP contribution is 2.36. The van der Waals surface area contributed by atoms with Crippen LogP contribution in [0.25, 0.3) is 11.1 Å². The molecule has 1 aromatic heterocycles. The van der Waals surface area contributed by atoms with Crippen molar-refractivity contribution in [2.75, 3.05) is 32.1 Å². The summed E-state index contributed by atoms with van der Waals surface area (Å²) in [5, 5.41) is 12.5. The molecular formula is C27H31FN4O5S. The van der Waals surface area contributed by atoms with E-state index in [1.807, 2.05) is 19.1 Å². The van der Waals surface area contributed by atoms with Gasteiger partial charge in [0.1, 0.15) is 22.6 Å². The summed E-state index contributed by atoms with van der Waals surface area (Å²) in [5.74, 6) is -0.578. The minimum atomic E-state index is -3.99. The van der Waals surface area contributed by atoms with Crippen LogP contribution < -0.4 is 10.1 Å². The van der Waals surface area contributed by atoms with E-state index in [-0.39, 0.29) is 36.3 Å². The zero-order valence-electron chi connectivity index (χ0n) is 21.4. The van der Waals surface area contributed by atoms with Crippen molar-refractivity contribution < 1.29 is 27.4 Å². The molecule has 0 saturated heterocycles. The fourth-order valence-corrected chi connectivity index (χ4v) is 6.10. The molecule has 202 valence electrons. The molecule has 0 fully saturated rings. The number of fused-ring (bicyclic) bond motifs is 1. The second-order valence-corrected chi connectivity index (χ2v) is 11.3. The molecule has 0 unspecified atom stereocenters. The first-order valence-electron chi connectivity index (χ1n) is 12.2. The molecule has 1 aliphatic heterocycles. The first-order chi connectivity index (χ1) is 18.1. The van der Waals surface area contributed by atoms with Crippen LogP contribution in [-0.2, 0) is 10.0 Å². The fourth-order valence-electron chi connectivity index (χ4n) is 4.27. The SMILES string of the molecule is C[C@H](CO)N1C[C@H](C)[C@H](CN(C)C(=O)Nc2ccc(F)cc2)Oc2cc(-c3ccncc3)ccc2S1(=O)=O. The van der Waals surface area contributed by atoms with E-state index in [0.717, 1.165) is 11.1 Å². The summed E-state index contributed by atoms with van der Waals surface area (Å²) in [6, 6.07) is 12.9. The van der Waals surface area contributed by atoms with Crippen LogP contribution in [0, 0.1) is 11.7 Å². The van der Waals surface area contributed by atoms with E-state index in [0.29, 0.717) is 5.69 Å². The van der Waals surface area contributed by atoms with Gasteiger partial charge in [0.25, 0.3) is 0 Å². The number of nitrogens with one attached hydrogen (secondary N) is 1.